The Labute approximate surface area is 195 Å². The highest BCUT2D eigenvalue weighted by atomic mass is 16.3. The largest absolute Gasteiger partial charge is 0.388 e. The summed E-state index contributed by atoms with van der Waals surface area (Å²) in [6.07, 6.45) is 8.00. The molecule has 32 heavy (non-hydrogen) atoms. The first-order valence-corrected chi connectivity index (χ1v) is 12.9. The number of hydrogen-bond acceptors (Lipinski definition) is 2. The normalized spacial score (nSPS) is 28.2. The monoisotopic (exact) mass is 433 g/mol. The van der Waals surface area contributed by atoms with Gasteiger partial charge in [0, 0.05) is 6.54 Å². The summed E-state index contributed by atoms with van der Waals surface area (Å²) in [7, 11) is 0. The Bertz CT molecular complexity index is 891. The molecule has 0 amide bonds. The SMILES string of the molecule is CC(C)c1ccc2c(c1)CCC1C(C)(CNCCCC(O)c3ccccc3)CCCC21C. The quantitative estimate of drug-likeness (QED) is 0.443. The molecule has 2 N–H and O–H groups in total. The maximum atomic E-state index is 10.4. The van der Waals surface area contributed by atoms with Crippen LogP contribution in [-0.4, -0.2) is 18.2 Å². The van der Waals surface area contributed by atoms with E-state index in [-0.39, 0.29) is 6.10 Å². The Morgan fingerprint density at radius 3 is 2.56 bits per heavy atom. The van der Waals surface area contributed by atoms with Gasteiger partial charge in [0.05, 0.1) is 6.10 Å². The van der Waals surface area contributed by atoms with Crippen molar-refractivity contribution in [3.63, 3.8) is 0 Å². The zero-order valence-corrected chi connectivity index (χ0v) is 20.7. The lowest BCUT2D eigenvalue weighted by molar-refractivity contribution is 0.0258. The Morgan fingerprint density at radius 1 is 1.03 bits per heavy atom. The van der Waals surface area contributed by atoms with Gasteiger partial charge in [0.2, 0.25) is 0 Å². The molecule has 4 atom stereocenters. The number of hydrogen-bond donors (Lipinski definition) is 2. The Morgan fingerprint density at radius 2 is 1.81 bits per heavy atom. The zero-order chi connectivity index (χ0) is 22.8. The van der Waals surface area contributed by atoms with E-state index in [4.69, 9.17) is 0 Å². The van der Waals surface area contributed by atoms with Crippen LogP contribution in [0, 0.1) is 11.3 Å². The molecule has 2 aromatic rings. The lowest BCUT2D eigenvalue weighted by Gasteiger charge is -2.55. The molecular weight excluding hydrogens is 390 g/mol. The van der Waals surface area contributed by atoms with Gasteiger partial charge in [-0.2, -0.15) is 0 Å². The smallest absolute Gasteiger partial charge is 0.0790 e. The van der Waals surface area contributed by atoms with Crippen molar-refractivity contribution in [3.8, 4) is 0 Å². The van der Waals surface area contributed by atoms with Gasteiger partial charge in [-0.05, 0) is 90.0 Å². The summed E-state index contributed by atoms with van der Waals surface area (Å²) < 4.78 is 0. The molecule has 174 valence electrons. The van der Waals surface area contributed by atoms with E-state index in [1.54, 1.807) is 11.1 Å². The lowest BCUT2D eigenvalue weighted by Crippen LogP contribution is -2.52. The predicted octanol–water partition coefficient (Wildman–Crippen LogP) is 6.92. The second-order valence-corrected chi connectivity index (χ2v) is 11.3. The first-order valence-electron chi connectivity index (χ1n) is 12.9. The third-order valence-electron chi connectivity index (χ3n) is 8.71. The summed E-state index contributed by atoms with van der Waals surface area (Å²) in [5.74, 6) is 1.34. The molecule has 4 rings (SSSR count). The summed E-state index contributed by atoms with van der Waals surface area (Å²) in [6.45, 7) is 11.8. The fourth-order valence-corrected chi connectivity index (χ4v) is 6.85. The topological polar surface area (TPSA) is 32.3 Å². The van der Waals surface area contributed by atoms with Crippen molar-refractivity contribution in [2.45, 2.75) is 90.1 Å². The molecule has 2 heteroatoms. The molecule has 4 unspecified atom stereocenters. The fourth-order valence-electron chi connectivity index (χ4n) is 6.85. The third kappa shape index (κ3) is 4.68. The van der Waals surface area contributed by atoms with E-state index < -0.39 is 0 Å². The van der Waals surface area contributed by atoms with Crippen LogP contribution >= 0.6 is 0 Å². The average Bonchev–Trinajstić information content (AvgIpc) is 2.79. The van der Waals surface area contributed by atoms with Crippen LogP contribution in [0.15, 0.2) is 48.5 Å². The molecule has 0 aliphatic heterocycles. The molecule has 1 saturated carbocycles. The van der Waals surface area contributed by atoms with Crippen LogP contribution in [-0.2, 0) is 11.8 Å². The molecule has 1 fully saturated rings. The molecule has 0 bridgehead atoms. The van der Waals surface area contributed by atoms with E-state index >= 15 is 0 Å². The maximum Gasteiger partial charge on any atom is 0.0790 e. The van der Waals surface area contributed by atoms with Gasteiger partial charge >= 0.3 is 0 Å². The minimum Gasteiger partial charge on any atom is -0.388 e. The number of nitrogens with one attached hydrogen (secondary N) is 1. The second kappa shape index (κ2) is 9.69. The number of rotatable bonds is 8. The van der Waals surface area contributed by atoms with Gasteiger partial charge < -0.3 is 10.4 Å². The molecule has 0 heterocycles. The molecule has 0 spiro atoms. The molecular formula is C30H43NO. The summed E-state index contributed by atoms with van der Waals surface area (Å²) >= 11 is 0. The summed E-state index contributed by atoms with van der Waals surface area (Å²) in [5.41, 5.74) is 6.42. The Kier molecular flexibility index (Phi) is 7.12. The van der Waals surface area contributed by atoms with Crippen LogP contribution in [0.4, 0.5) is 0 Å². The molecule has 0 aromatic heterocycles. The highest BCUT2D eigenvalue weighted by molar-refractivity contribution is 5.42. The fraction of sp³-hybridized carbons (Fsp3) is 0.600. The first kappa shape index (κ1) is 23.5. The molecule has 2 aliphatic carbocycles. The molecule has 0 saturated heterocycles. The number of aryl methyl sites for hydroxylation is 1. The number of benzene rings is 2. The third-order valence-corrected chi connectivity index (χ3v) is 8.71. The Hall–Kier alpha value is -1.64. The van der Waals surface area contributed by atoms with Crippen LogP contribution in [0.2, 0.25) is 0 Å². The number of fused-ring (bicyclic) bond motifs is 3. The van der Waals surface area contributed by atoms with Gasteiger partial charge in [-0.1, -0.05) is 82.6 Å². The van der Waals surface area contributed by atoms with Gasteiger partial charge in [-0.3, -0.25) is 0 Å². The highest BCUT2D eigenvalue weighted by Gasteiger charge is 2.51. The molecule has 2 aliphatic rings. The van der Waals surface area contributed by atoms with Crippen molar-refractivity contribution in [3.05, 3.63) is 70.8 Å². The summed E-state index contributed by atoms with van der Waals surface area (Å²) in [6, 6.07) is 17.4. The van der Waals surface area contributed by atoms with E-state index in [0.29, 0.717) is 16.7 Å². The van der Waals surface area contributed by atoms with Crippen LogP contribution in [0.25, 0.3) is 0 Å². The minimum atomic E-state index is -0.350. The van der Waals surface area contributed by atoms with Crippen LogP contribution in [0.5, 0.6) is 0 Å². The van der Waals surface area contributed by atoms with Crippen molar-refractivity contribution < 1.29 is 5.11 Å². The van der Waals surface area contributed by atoms with Gasteiger partial charge in [-0.25, -0.2) is 0 Å². The molecule has 2 nitrogen and oxygen atoms in total. The van der Waals surface area contributed by atoms with Gasteiger partial charge in [-0.15, -0.1) is 0 Å². The van der Waals surface area contributed by atoms with Crippen molar-refractivity contribution in [1.29, 1.82) is 0 Å². The average molecular weight is 434 g/mol. The molecule has 2 aromatic carbocycles. The first-order chi connectivity index (χ1) is 15.3. The van der Waals surface area contributed by atoms with E-state index in [2.05, 4.69) is 51.2 Å². The van der Waals surface area contributed by atoms with Crippen LogP contribution in [0.3, 0.4) is 0 Å². The van der Waals surface area contributed by atoms with Crippen LogP contribution < -0.4 is 5.32 Å². The maximum absolute atomic E-state index is 10.4. The van der Waals surface area contributed by atoms with Gasteiger partial charge in [0.1, 0.15) is 0 Å². The summed E-state index contributed by atoms with van der Waals surface area (Å²) in [5, 5.41) is 14.2. The number of aliphatic hydroxyl groups is 1. The van der Waals surface area contributed by atoms with Crippen molar-refractivity contribution in [1.82, 2.24) is 5.32 Å². The van der Waals surface area contributed by atoms with E-state index in [9.17, 15) is 5.11 Å². The van der Waals surface area contributed by atoms with Crippen molar-refractivity contribution >= 4 is 0 Å². The second-order valence-electron chi connectivity index (χ2n) is 11.3. The minimum absolute atomic E-state index is 0.307. The zero-order valence-electron chi connectivity index (χ0n) is 20.7. The van der Waals surface area contributed by atoms with Gasteiger partial charge in [0.25, 0.3) is 0 Å². The van der Waals surface area contributed by atoms with E-state index in [1.807, 2.05) is 30.3 Å². The van der Waals surface area contributed by atoms with Crippen molar-refractivity contribution in [2.75, 3.05) is 13.1 Å². The van der Waals surface area contributed by atoms with Crippen LogP contribution in [0.1, 0.15) is 100 Å². The standard InChI is InChI=1S/C30H43NO/c1-22(2)24-13-15-26-25(20-24)14-16-28-29(3,17-9-18-30(26,28)4)21-31-19-8-12-27(32)23-10-6-5-7-11-23/h5-7,10-11,13,15,20,22,27-28,31-32H,8-9,12,14,16-19,21H2,1-4H3. The van der Waals surface area contributed by atoms with Gasteiger partial charge in [0.15, 0.2) is 0 Å². The number of aliphatic hydroxyl groups excluding tert-OH is 1. The van der Waals surface area contributed by atoms with E-state index in [0.717, 1.165) is 37.4 Å². The van der Waals surface area contributed by atoms with Crippen molar-refractivity contribution in [2.24, 2.45) is 11.3 Å². The highest BCUT2D eigenvalue weighted by Crippen LogP contribution is 2.57. The summed E-state index contributed by atoms with van der Waals surface area (Å²) in [4.78, 5) is 0. The predicted molar refractivity (Wildman–Crippen MR) is 135 cm³/mol. The lowest BCUT2D eigenvalue weighted by atomic mass is 9.49. The van der Waals surface area contributed by atoms with E-state index in [1.165, 1.54) is 37.7 Å². The Balaban J connectivity index is 1.37. The molecule has 0 radical (unpaired) electrons.